The van der Waals surface area contributed by atoms with E-state index in [1.165, 1.54) is 12.8 Å². The minimum Gasteiger partial charge on any atom is -0.0651 e. The summed E-state index contributed by atoms with van der Waals surface area (Å²) in [6.45, 7) is 14.5. The van der Waals surface area contributed by atoms with E-state index in [0.717, 1.165) is 23.7 Å². The molecule has 0 radical (unpaired) electrons. The van der Waals surface area contributed by atoms with E-state index in [1.54, 1.807) is 0 Å². The van der Waals surface area contributed by atoms with Crippen LogP contribution in [0.25, 0.3) is 0 Å². The molecule has 0 amide bonds. The van der Waals surface area contributed by atoms with Gasteiger partial charge in [0, 0.05) is 0 Å². The molecule has 0 bridgehead atoms. The van der Waals surface area contributed by atoms with E-state index < -0.39 is 0 Å². The molecule has 0 nitrogen and oxygen atoms in total. The zero-order chi connectivity index (χ0) is 10.2. The van der Waals surface area contributed by atoms with Gasteiger partial charge in [0.25, 0.3) is 0 Å². The second kappa shape index (κ2) is 3.63. The van der Waals surface area contributed by atoms with Crippen LogP contribution in [0.5, 0.6) is 0 Å². The highest BCUT2D eigenvalue weighted by Crippen LogP contribution is 2.59. The zero-order valence-corrected chi connectivity index (χ0v) is 10.2. The quantitative estimate of drug-likeness (QED) is 0.606. The van der Waals surface area contributed by atoms with E-state index in [9.17, 15) is 0 Å². The number of hydrogen-bond acceptors (Lipinski definition) is 0. The van der Waals surface area contributed by atoms with E-state index in [4.69, 9.17) is 0 Å². The Bertz CT molecular complexity index is 173. The molecule has 0 aromatic rings. The normalized spacial score (nSPS) is 39.7. The SMILES string of the molecule is CCC(C)C(C)C(C)C1(C)CC1C. The summed E-state index contributed by atoms with van der Waals surface area (Å²) in [5.74, 6) is 3.64. The van der Waals surface area contributed by atoms with Crippen LogP contribution in [0.1, 0.15) is 54.4 Å². The molecule has 0 N–H and O–H groups in total. The topological polar surface area (TPSA) is 0 Å². The predicted octanol–water partition coefficient (Wildman–Crippen LogP) is 4.35. The molecule has 1 saturated carbocycles. The van der Waals surface area contributed by atoms with Crippen molar-refractivity contribution < 1.29 is 0 Å². The summed E-state index contributed by atoms with van der Waals surface area (Å²) < 4.78 is 0. The molecule has 0 aromatic heterocycles. The van der Waals surface area contributed by atoms with Crippen LogP contribution in [-0.4, -0.2) is 0 Å². The molecular formula is C13H26. The van der Waals surface area contributed by atoms with Crippen LogP contribution < -0.4 is 0 Å². The Balaban J connectivity index is 2.52. The first-order valence-electron chi connectivity index (χ1n) is 5.93. The molecule has 1 aliphatic rings. The Labute approximate surface area is 84.1 Å². The van der Waals surface area contributed by atoms with Crippen molar-refractivity contribution in [2.75, 3.05) is 0 Å². The zero-order valence-electron chi connectivity index (χ0n) is 10.2. The lowest BCUT2D eigenvalue weighted by atomic mass is 9.75. The van der Waals surface area contributed by atoms with Gasteiger partial charge in [-0.05, 0) is 35.5 Å². The summed E-state index contributed by atoms with van der Waals surface area (Å²) in [7, 11) is 0. The summed E-state index contributed by atoms with van der Waals surface area (Å²) in [5.41, 5.74) is 0.669. The Morgan fingerprint density at radius 3 is 2.08 bits per heavy atom. The molecule has 0 aromatic carbocycles. The lowest BCUT2D eigenvalue weighted by molar-refractivity contribution is 0.183. The molecule has 13 heavy (non-hydrogen) atoms. The number of hydrogen-bond donors (Lipinski definition) is 0. The minimum atomic E-state index is 0.669. The minimum absolute atomic E-state index is 0.669. The van der Waals surface area contributed by atoms with Crippen molar-refractivity contribution in [3.05, 3.63) is 0 Å². The molecule has 0 heterocycles. The third-order valence-corrected chi connectivity index (χ3v) is 5.08. The smallest absolute Gasteiger partial charge is 0.0269 e. The van der Waals surface area contributed by atoms with Crippen LogP contribution >= 0.6 is 0 Å². The highest BCUT2D eigenvalue weighted by Gasteiger charge is 2.51. The highest BCUT2D eigenvalue weighted by molar-refractivity contribution is 5.00. The molecule has 0 aliphatic heterocycles. The molecule has 5 unspecified atom stereocenters. The van der Waals surface area contributed by atoms with Gasteiger partial charge in [-0.25, -0.2) is 0 Å². The molecule has 5 atom stereocenters. The maximum atomic E-state index is 2.47. The first-order chi connectivity index (χ1) is 5.93. The Morgan fingerprint density at radius 1 is 1.31 bits per heavy atom. The van der Waals surface area contributed by atoms with Gasteiger partial charge in [0.15, 0.2) is 0 Å². The van der Waals surface area contributed by atoms with E-state index in [0.29, 0.717) is 5.41 Å². The van der Waals surface area contributed by atoms with Gasteiger partial charge in [-0.3, -0.25) is 0 Å². The van der Waals surface area contributed by atoms with Gasteiger partial charge < -0.3 is 0 Å². The van der Waals surface area contributed by atoms with Gasteiger partial charge in [0.05, 0.1) is 0 Å². The van der Waals surface area contributed by atoms with Gasteiger partial charge in [-0.15, -0.1) is 0 Å². The van der Waals surface area contributed by atoms with Gasteiger partial charge in [-0.1, -0.05) is 48.0 Å². The standard InChI is InChI=1S/C13H26/c1-7-9(2)11(4)12(5)13(6)8-10(13)3/h9-12H,7-8H2,1-6H3. The fourth-order valence-corrected chi connectivity index (χ4v) is 2.70. The molecule has 78 valence electrons. The molecule has 0 heteroatoms. The maximum Gasteiger partial charge on any atom is -0.0269 e. The lowest BCUT2D eigenvalue weighted by Gasteiger charge is -2.31. The summed E-state index contributed by atoms with van der Waals surface area (Å²) >= 11 is 0. The lowest BCUT2D eigenvalue weighted by Crippen LogP contribution is -2.24. The fraction of sp³-hybridized carbons (Fsp3) is 1.00. The summed E-state index contributed by atoms with van der Waals surface area (Å²) in [6.07, 6.45) is 2.78. The van der Waals surface area contributed by atoms with Crippen molar-refractivity contribution >= 4 is 0 Å². The molecular weight excluding hydrogens is 156 g/mol. The maximum absolute atomic E-state index is 2.47. The van der Waals surface area contributed by atoms with Gasteiger partial charge in [0.2, 0.25) is 0 Å². The monoisotopic (exact) mass is 182 g/mol. The first-order valence-corrected chi connectivity index (χ1v) is 5.93. The first kappa shape index (κ1) is 11.1. The average molecular weight is 182 g/mol. The van der Waals surface area contributed by atoms with E-state index in [2.05, 4.69) is 41.5 Å². The van der Waals surface area contributed by atoms with Crippen molar-refractivity contribution in [1.82, 2.24) is 0 Å². The second-order valence-electron chi connectivity index (χ2n) is 5.64. The Morgan fingerprint density at radius 2 is 1.77 bits per heavy atom. The Kier molecular flexibility index (Phi) is 3.09. The van der Waals surface area contributed by atoms with Crippen LogP contribution in [0.4, 0.5) is 0 Å². The van der Waals surface area contributed by atoms with Gasteiger partial charge >= 0.3 is 0 Å². The molecule has 0 saturated heterocycles. The van der Waals surface area contributed by atoms with Crippen molar-refractivity contribution in [3.63, 3.8) is 0 Å². The van der Waals surface area contributed by atoms with Crippen LogP contribution in [0.3, 0.4) is 0 Å². The average Bonchev–Trinajstić information content (AvgIpc) is 2.72. The van der Waals surface area contributed by atoms with Crippen molar-refractivity contribution in [2.24, 2.45) is 29.1 Å². The largest absolute Gasteiger partial charge is 0.0651 e. The highest BCUT2D eigenvalue weighted by atomic mass is 14.6. The van der Waals surface area contributed by atoms with Crippen LogP contribution in [0, 0.1) is 29.1 Å². The van der Waals surface area contributed by atoms with Crippen LogP contribution in [-0.2, 0) is 0 Å². The molecule has 1 rings (SSSR count). The predicted molar refractivity (Wildman–Crippen MR) is 59.7 cm³/mol. The third kappa shape index (κ3) is 1.92. The second-order valence-corrected chi connectivity index (χ2v) is 5.64. The van der Waals surface area contributed by atoms with Crippen molar-refractivity contribution in [1.29, 1.82) is 0 Å². The molecule has 0 spiro atoms. The van der Waals surface area contributed by atoms with Crippen LogP contribution in [0.2, 0.25) is 0 Å². The third-order valence-electron chi connectivity index (χ3n) is 5.08. The Hall–Kier alpha value is 0. The fourth-order valence-electron chi connectivity index (χ4n) is 2.70. The van der Waals surface area contributed by atoms with Crippen molar-refractivity contribution in [3.8, 4) is 0 Å². The van der Waals surface area contributed by atoms with E-state index in [-0.39, 0.29) is 0 Å². The van der Waals surface area contributed by atoms with Crippen LogP contribution in [0.15, 0.2) is 0 Å². The van der Waals surface area contributed by atoms with E-state index in [1.807, 2.05) is 0 Å². The number of rotatable bonds is 4. The summed E-state index contributed by atoms with van der Waals surface area (Å²) in [6, 6.07) is 0. The molecule has 1 aliphatic carbocycles. The van der Waals surface area contributed by atoms with E-state index >= 15 is 0 Å². The van der Waals surface area contributed by atoms with Gasteiger partial charge in [0.1, 0.15) is 0 Å². The summed E-state index contributed by atoms with van der Waals surface area (Å²) in [5, 5.41) is 0. The molecule has 1 fully saturated rings. The van der Waals surface area contributed by atoms with Crippen molar-refractivity contribution in [2.45, 2.75) is 54.4 Å². The summed E-state index contributed by atoms with van der Waals surface area (Å²) in [4.78, 5) is 0. The van der Waals surface area contributed by atoms with Gasteiger partial charge in [-0.2, -0.15) is 0 Å².